The summed E-state index contributed by atoms with van der Waals surface area (Å²) in [4.78, 5) is 0. The van der Waals surface area contributed by atoms with Crippen molar-refractivity contribution >= 4 is 0 Å². The highest BCUT2D eigenvalue weighted by Gasteiger charge is 2.58. The highest BCUT2D eigenvalue weighted by Crippen LogP contribution is 2.67. The summed E-state index contributed by atoms with van der Waals surface area (Å²) in [6.45, 7) is 14.2. The second kappa shape index (κ2) is 12.3. The van der Waals surface area contributed by atoms with Crippen LogP contribution in [0.25, 0.3) is 0 Å². The van der Waals surface area contributed by atoms with E-state index < -0.39 is 37.3 Å². The SMILES string of the molecule is CC[C@H](/C=C/[C@@H](C)[C@H]1CC[C@H]2C3=CC[C@H]4C[C@@H](O[C@@H]5O[C@H](CO)[C@@H](O)[C@H](O)[C@H]5O)CC[C@]4(C)[C@H]3CC[C@]12C)C(C)C. The molecule has 0 radical (unpaired) electrons. The summed E-state index contributed by atoms with van der Waals surface area (Å²) in [5.74, 6) is 4.61. The topological polar surface area (TPSA) is 99.4 Å². The van der Waals surface area contributed by atoms with Gasteiger partial charge in [-0.1, -0.05) is 65.3 Å². The largest absolute Gasteiger partial charge is 0.394 e. The molecule has 0 spiro atoms. The van der Waals surface area contributed by atoms with Gasteiger partial charge in [0.2, 0.25) is 0 Å². The lowest BCUT2D eigenvalue weighted by Gasteiger charge is -2.58. The van der Waals surface area contributed by atoms with Gasteiger partial charge in [-0.25, -0.2) is 0 Å². The van der Waals surface area contributed by atoms with E-state index in [0.29, 0.717) is 40.9 Å². The van der Waals surface area contributed by atoms with Crippen LogP contribution in [-0.4, -0.2) is 63.8 Å². The highest BCUT2D eigenvalue weighted by molar-refractivity contribution is 5.28. The summed E-state index contributed by atoms with van der Waals surface area (Å²) in [6, 6.07) is 0. The van der Waals surface area contributed by atoms with Gasteiger partial charge in [0, 0.05) is 0 Å². The van der Waals surface area contributed by atoms with Crippen LogP contribution in [0, 0.1) is 52.3 Å². The second-order valence-corrected chi connectivity index (χ2v) is 15.3. The molecule has 1 aliphatic heterocycles. The lowest BCUT2D eigenvalue weighted by atomic mass is 9.47. The molecule has 0 bridgehead atoms. The first kappa shape index (κ1) is 31.7. The Kier molecular flexibility index (Phi) is 9.51. The first-order valence-electron chi connectivity index (χ1n) is 16.8. The Bertz CT molecular complexity index is 960. The Balaban J connectivity index is 1.26. The highest BCUT2D eigenvalue weighted by atomic mass is 16.7. The van der Waals surface area contributed by atoms with Crippen LogP contribution >= 0.6 is 0 Å². The van der Waals surface area contributed by atoms with Crippen molar-refractivity contribution in [3.8, 4) is 0 Å². The minimum atomic E-state index is -1.40. The summed E-state index contributed by atoms with van der Waals surface area (Å²) in [6.07, 6.45) is 12.0. The first-order valence-corrected chi connectivity index (χ1v) is 16.8. The molecule has 1 heterocycles. The Morgan fingerprint density at radius 3 is 2.34 bits per heavy atom. The average Bonchev–Trinajstić information content (AvgIpc) is 3.30. The number of hydrogen-bond donors (Lipinski definition) is 4. The van der Waals surface area contributed by atoms with Crippen LogP contribution in [-0.2, 0) is 9.47 Å². The number of rotatable bonds is 8. The van der Waals surface area contributed by atoms with E-state index in [1.165, 1.54) is 32.1 Å². The molecule has 6 heteroatoms. The molecule has 4 aliphatic carbocycles. The molecule has 3 saturated carbocycles. The van der Waals surface area contributed by atoms with Gasteiger partial charge in [-0.3, -0.25) is 0 Å². The van der Waals surface area contributed by atoms with Crippen LogP contribution in [0.15, 0.2) is 23.8 Å². The fourth-order valence-corrected chi connectivity index (χ4v) is 10.2. The Labute approximate surface area is 248 Å². The molecule has 234 valence electrons. The monoisotopic (exact) mass is 574 g/mol. The van der Waals surface area contributed by atoms with Gasteiger partial charge in [-0.15, -0.1) is 0 Å². The Hall–Kier alpha value is -0.760. The van der Waals surface area contributed by atoms with Crippen LogP contribution < -0.4 is 0 Å². The molecular weight excluding hydrogens is 516 g/mol. The molecule has 4 N–H and O–H groups in total. The summed E-state index contributed by atoms with van der Waals surface area (Å²) < 4.78 is 11.9. The lowest BCUT2D eigenvalue weighted by Crippen LogP contribution is -2.60. The molecule has 1 saturated heterocycles. The number of aliphatic hydroxyl groups is 4. The van der Waals surface area contributed by atoms with E-state index in [9.17, 15) is 20.4 Å². The predicted molar refractivity (Wildman–Crippen MR) is 161 cm³/mol. The van der Waals surface area contributed by atoms with Crippen molar-refractivity contribution in [3.63, 3.8) is 0 Å². The number of fused-ring (bicyclic) bond motifs is 5. The van der Waals surface area contributed by atoms with Crippen molar-refractivity contribution in [3.05, 3.63) is 23.8 Å². The minimum Gasteiger partial charge on any atom is -0.394 e. The van der Waals surface area contributed by atoms with Crippen molar-refractivity contribution < 1.29 is 29.9 Å². The number of ether oxygens (including phenoxy) is 2. The quantitative estimate of drug-likeness (QED) is 0.281. The van der Waals surface area contributed by atoms with Crippen molar-refractivity contribution in [1.29, 1.82) is 0 Å². The van der Waals surface area contributed by atoms with Gasteiger partial charge in [0.1, 0.15) is 24.4 Å². The summed E-state index contributed by atoms with van der Waals surface area (Å²) >= 11 is 0. The van der Waals surface area contributed by atoms with Gasteiger partial charge in [-0.2, -0.15) is 0 Å². The van der Waals surface area contributed by atoms with E-state index in [4.69, 9.17) is 9.47 Å². The third-order valence-corrected chi connectivity index (χ3v) is 12.9. The number of allylic oxidation sites excluding steroid dienone is 4. The third kappa shape index (κ3) is 5.64. The van der Waals surface area contributed by atoms with E-state index in [1.54, 1.807) is 5.57 Å². The summed E-state index contributed by atoms with van der Waals surface area (Å²) in [5, 5.41) is 40.4. The van der Waals surface area contributed by atoms with Crippen molar-refractivity contribution in [2.24, 2.45) is 52.3 Å². The van der Waals surface area contributed by atoms with Gasteiger partial charge in [0.05, 0.1) is 12.7 Å². The number of hydrogen-bond acceptors (Lipinski definition) is 6. The van der Waals surface area contributed by atoms with E-state index in [2.05, 4.69) is 59.8 Å². The molecule has 0 aromatic carbocycles. The molecular formula is C35H58O6. The minimum absolute atomic E-state index is 0.0698. The van der Waals surface area contributed by atoms with Gasteiger partial charge < -0.3 is 29.9 Å². The molecule has 0 amide bonds. The third-order valence-electron chi connectivity index (χ3n) is 12.9. The molecule has 4 fully saturated rings. The Morgan fingerprint density at radius 2 is 1.66 bits per heavy atom. The predicted octanol–water partition coefficient (Wildman–Crippen LogP) is 5.63. The van der Waals surface area contributed by atoms with E-state index in [1.807, 2.05) is 0 Å². The fraction of sp³-hybridized carbons (Fsp3) is 0.886. The zero-order valence-corrected chi connectivity index (χ0v) is 26.4. The smallest absolute Gasteiger partial charge is 0.186 e. The maximum absolute atomic E-state index is 10.5. The van der Waals surface area contributed by atoms with Gasteiger partial charge >= 0.3 is 0 Å². The van der Waals surface area contributed by atoms with E-state index in [-0.39, 0.29) is 11.5 Å². The molecule has 0 aromatic rings. The maximum atomic E-state index is 10.5. The standard InChI is InChI=1S/C35H58O6/c1-7-22(20(2)3)9-8-21(4)26-12-13-27-25-11-10-23-18-24(14-16-34(23,5)28(25)15-17-35(26,27)6)40-33-32(39)31(38)30(37)29(19-36)41-33/h8-9,11,20-24,26-33,36-39H,7,10,12-19H2,1-6H3/b9-8+/t21-,22-,23+,24+,26-,27+,28+,29-,30-,31+,32-,33-,34+,35-/m1/s1. The van der Waals surface area contributed by atoms with Crippen molar-refractivity contribution in [2.75, 3.05) is 6.61 Å². The maximum Gasteiger partial charge on any atom is 0.186 e. The molecule has 6 nitrogen and oxygen atoms in total. The van der Waals surface area contributed by atoms with Crippen molar-refractivity contribution in [2.45, 2.75) is 136 Å². The van der Waals surface area contributed by atoms with Crippen LogP contribution in [0.5, 0.6) is 0 Å². The Morgan fingerprint density at radius 1 is 0.951 bits per heavy atom. The van der Waals surface area contributed by atoms with Gasteiger partial charge in [0.15, 0.2) is 6.29 Å². The van der Waals surface area contributed by atoms with Crippen LogP contribution in [0.4, 0.5) is 0 Å². The summed E-state index contributed by atoms with van der Waals surface area (Å²) in [5.41, 5.74) is 2.41. The average molecular weight is 575 g/mol. The lowest BCUT2D eigenvalue weighted by molar-refractivity contribution is -0.315. The second-order valence-electron chi connectivity index (χ2n) is 15.3. The molecule has 41 heavy (non-hydrogen) atoms. The first-order chi connectivity index (χ1) is 19.4. The molecule has 14 atom stereocenters. The van der Waals surface area contributed by atoms with E-state index >= 15 is 0 Å². The fourth-order valence-electron chi connectivity index (χ4n) is 10.2. The summed E-state index contributed by atoms with van der Waals surface area (Å²) in [7, 11) is 0. The molecule has 5 aliphatic rings. The number of aliphatic hydroxyl groups excluding tert-OH is 4. The van der Waals surface area contributed by atoms with Crippen LogP contribution in [0.1, 0.15) is 99.3 Å². The van der Waals surface area contributed by atoms with Crippen molar-refractivity contribution in [1.82, 2.24) is 0 Å². The normalized spacial score (nSPS) is 47.9. The molecule has 0 aromatic heterocycles. The van der Waals surface area contributed by atoms with Crippen LogP contribution in [0.3, 0.4) is 0 Å². The zero-order chi connectivity index (χ0) is 29.7. The van der Waals surface area contributed by atoms with E-state index in [0.717, 1.165) is 31.6 Å². The van der Waals surface area contributed by atoms with Gasteiger partial charge in [-0.05, 0) is 110 Å². The van der Waals surface area contributed by atoms with Gasteiger partial charge in [0.25, 0.3) is 0 Å². The zero-order valence-electron chi connectivity index (χ0n) is 26.4. The molecule has 5 rings (SSSR count). The van der Waals surface area contributed by atoms with Crippen LogP contribution in [0.2, 0.25) is 0 Å². The molecule has 0 unspecified atom stereocenters.